The molecule has 0 radical (unpaired) electrons. The highest BCUT2D eigenvalue weighted by atomic mass is 79.9. The van der Waals surface area contributed by atoms with Gasteiger partial charge in [-0.15, -0.1) is 0 Å². The fourth-order valence-corrected chi connectivity index (χ4v) is 1.63. The van der Waals surface area contributed by atoms with Crippen molar-refractivity contribution in [1.29, 1.82) is 0 Å². The Kier molecular flexibility index (Phi) is 3.70. The molecule has 0 saturated carbocycles. The van der Waals surface area contributed by atoms with Crippen LogP contribution in [0.4, 0.5) is 22.0 Å². The Morgan fingerprint density at radius 2 is 1.94 bits per heavy atom. The van der Waals surface area contributed by atoms with Gasteiger partial charge in [-0.05, 0) is 6.07 Å². The van der Waals surface area contributed by atoms with E-state index in [1.807, 2.05) is 0 Å². The predicted octanol–water partition coefficient (Wildman–Crippen LogP) is 3.50. The second-order valence-corrected chi connectivity index (χ2v) is 3.71. The Balaban J connectivity index is 3.57. The van der Waals surface area contributed by atoms with Crippen LogP contribution in [0.5, 0.6) is 0 Å². The zero-order chi connectivity index (χ0) is 13.4. The lowest BCUT2D eigenvalue weighted by atomic mass is 10.1. The summed E-state index contributed by atoms with van der Waals surface area (Å²) >= 11 is 2.48. The summed E-state index contributed by atoms with van der Waals surface area (Å²) in [6.45, 7) is 0. The molecule has 1 rings (SSSR count). The van der Waals surface area contributed by atoms with Crippen molar-refractivity contribution in [3.05, 3.63) is 27.5 Å². The first kappa shape index (κ1) is 13.8. The van der Waals surface area contributed by atoms with Crippen LogP contribution in [0.15, 0.2) is 10.5 Å². The Morgan fingerprint density at radius 1 is 1.41 bits per heavy atom. The van der Waals surface area contributed by atoms with Crippen LogP contribution in [-0.2, 0) is 6.18 Å². The first-order valence-corrected chi connectivity index (χ1v) is 4.73. The number of hydrogen-bond donors (Lipinski definition) is 1. The molecule has 94 valence electrons. The van der Waals surface area contributed by atoms with Crippen LogP contribution in [0.3, 0.4) is 0 Å². The Morgan fingerprint density at radius 3 is 2.29 bits per heavy atom. The predicted molar refractivity (Wildman–Crippen MR) is 48.9 cm³/mol. The van der Waals surface area contributed by atoms with Gasteiger partial charge >= 0.3 is 12.1 Å². The summed E-state index contributed by atoms with van der Waals surface area (Å²) in [4.78, 5) is 13.2. The van der Waals surface area contributed by atoms with E-state index < -0.39 is 40.0 Å². The lowest BCUT2D eigenvalue weighted by Crippen LogP contribution is -2.16. The van der Waals surface area contributed by atoms with E-state index in [1.54, 1.807) is 0 Å². The highest BCUT2D eigenvalue weighted by Gasteiger charge is 2.39. The van der Waals surface area contributed by atoms with E-state index in [9.17, 15) is 26.7 Å². The van der Waals surface area contributed by atoms with Crippen LogP contribution in [0.1, 0.15) is 28.2 Å². The minimum absolute atomic E-state index is 0.596. The molecule has 0 aliphatic heterocycles. The van der Waals surface area contributed by atoms with Crippen molar-refractivity contribution < 1.29 is 31.9 Å². The molecule has 1 aromatic rings. The summed E-state index contributed by atoms with van der Waals surface area (Å²) in [5, 5.41) is 8.49. The van der Waals surface area contributed by atoms with E-state index in [-0.39, 0.29) is 0 Å². The minimum Gasteiger partial charge on any atom is -0.477 e. The summed E-state index contributed by atoms with van der Waals surface area (Å²) in [5.74, 6) is -1.74. The van der Waals surface area contributed by atoms with Crippen molar-refractivity contribution in [1.82, 2.24) is 4.98 Å². The third-order valence-electron chi connectivity index (χ3n) is 1.71. The molecule has 0 amide bonds. The lowest BCUT2D eigenvalue weighted by molar-refractivity contribution is -0.143. The van der Waals surface area contributed by atoms with Crippen molar-refractivity contribution in [3.8, 4) is 0 Å². The van der Waals surface area contributed by atoms with Crippen molar-refractivity contribution >= 4 is 21.9 Å². The average Bonchev–Trinajstić information content (AvgIpc) is 2.14. The molecule has 9 heteroatoms. The summed E-state index contributed by atoms with van der Waals surface area (Å²) < 4.78 is 61.5. The van der Waals surface area contributed by atoms with Crippen LogP contribution in [0.2, 0.25) is 0 Å². The van der Waals surface area contributed by atoms with Crippen molar-refractivity contribution in [2.75, 3.05) is 0 Å². The van der Waals surface area contributed by atoms with Crippen LogP contribution < -0.4 is 0 Å². The van der Waals surface area contributed by atoms with Gasteiger partial charge in [-0.3, -0.25) is 0 Å². The Bertz CT molecular complexity index is 460. The van der Waals surface area contributed by atoms with Gasteiger partial charge < -0.3 is 5.11 Å². The maximum Gasteiger partial charge on any atom is 0.433 e. The normalized spacial score (nSPS) is 11.9. The van der Waals surface area contributed by atoms with Crippen molar-refractivity contribution in [2.45, 2.75) is 12.6 Å². The van der Waals surface area contributed by atoms with Crippen LogP contribution in [0, 0.1) is 0 Å². The number of nitrogens with zero attached hydrogens (tertiary/aromatic N) is 1. The first-order chi connectivity index (χ1) is 7.64. The van der Waals surface area contributed by atoms with Gasteiger partial charge in [0.25, 0.3) is 6.43 Å². The zero-order valence-electron chi connectivity index (χ0n) is 7.73. The third kappa shape index (κ3) is 2.90. The molecule has 0 fully saturated rings. The average molecular weight is 320 g/mol. The molecule has 1 aromatic heterocycles. The van der Waals surface area contributed by atoms with Crippen molar-refractivity contribution in [2.24, 2.45) is 0 Å². The summed E-state index contributed by atoms with van der Waals surface area (Å²) in [6, 6.07) is 0.596. The SMILES string of the molecule is O=C(O)c1cc(Br)c(C(F)F)c(C(F)(F)F)n1. The molecule has 0 saturated heterocycles. The van der Waals surface area contributed by atoms with E-state index >= 15 is 0 Å². The first-order valence-electron chi connectivity index (χ1n) is 3.93. The van der Waals surface area contributed by atoms with E-state index in [4.69, 9.17) is 5.11 Å². The second-order valence-electron chi connectivity index (χ2n) is 2.86. The van der Waals surface area contributed by atoms with Crippen LogP contribution in [0.25, 0.3) is 0 Å². The number of carboxylic acids is 1. The quantitative estimate of drug-likeness (QED) is 0.849. The number of pyridine rings is 1. The molecule has 0 aliphatic carbocycles. The molecule has 1 heterocycles. The van der Waals surface area contributed by atoms with Gasteiger partial charge in [0.05, 0.1) is 5.56 Å². The van der Waals surface area contributed by atoms with Gasteiger partial charge in [-0.2, -0.15) is 13.2 Å². The van der Waals surface area contributed by atoms with E-state index in [0.29, 0.717) is 6.07 Å². The monoisotopic (exact) mass is 319 g/mol. The molecule has 0 aliphatic rings. The highest BCUT2D eigenvalue weighted by molar-refractivity contribution is 9.10. The maximum atomic E-state index is 12.4. The molecular weight excluding hydrogens is 317 g/mol. The number of hydrogen-bond acceptors (Lipinski definition) is 2. The fraction of sp³-hybridized carbons (Fsp3) is 0.250. The lowest BCUT2D eigenvalue weighted by Gasteiger charge is -2.13. The second kappa shape index (κ2) is 4.55. The largest absolute Gasteiger partial charge is 0.477 e. The summed E-state index contributed by atoms with van der Waals surface area (Å²) in [7, 11) is 0. The summed E-state index contributed by atoms with van der Waals surface area (Å²) in [6.07, 6.45) is -8.57. The molecule has 0 aromatic carbocycles. The molecule has 17 heavy (non-hydrogen) atoms. The standard InChI is InChI=1S/C8H3BrF5NO2/c9-2-1-3(7(16)17)15-5(8(12,13)14)4(2)6(10)11/h1,6H,(H,16,17). The minimum atomic E-state index is -5.15. The van der Waals surface area contributed by atoms with Gasteiger partial charge in [0.15, 0.2) is 5.69 Å². The van der Waals surface area contributed by atoms with Gasteiger partial charge in [-0.25, -0.2) is 18.6 Å². The topological polar surface area (TPSA) is 50.2 Å². The van der Waals surface area contributed by atoms with E-state index in [2.05, 4.69) is 20.9 Å². The van der Waals surface area contributed by atoms with Crippen LogP contribution >= 0.6 is 15.9 Å². The molecule has 0 unspecified atom stereocenters. The zero-order valence-corrected chi connectivity index (χ0v) is 9.31. The van der Waals surface area contributed by atoms with Crippen LogP contribution in [-0.4, -0.2) is 16.1 Å². The molecule has 0 atom stereocenters. The fourth-order valence-electron chi connectivity index (χ4n) is 1.06. The number of carbonyl (C=O) groups is 1. The van der Waals surface area contributed by atoms with Gasteiger partial charge in [-0.1, -0.05) is 15.9 Å². The highest BCUT2D eigenvalue weighted by Crippen LogP contribution is 2.39. The van der Waals surface area contributed by atoms with Gasteiger partial charge in [0.2, 0.25) is 0 Å². The molecule has 1 N–H and O–H groups in total. The van der Waals surface area contributed by atoms with Gasteiger partial charge in [0, 0.05) is 4.47 Å². The number of aromatic nitrogens is 1. The number of aromatic carboxylic acids is 1. The smallest absolute Gasteiger partial charge is 0.433 e. The number of alkyl halides is 5. The van der Waals surface area contributed by atoms with E-state index in [0.717, 1.165) is 0 Å². The Labute approximate surface area is 99.4 Å². The summed E-state index contributed by atoms with van der Waals surface area (Å²) in [5.41, 5.74) is -4.24. The number of halogens is 6. The number of carboxylic acid groups (broad SMARTS) is 1. The molecular formula is C8H3BrF5NO2. The maximum absolute atomic E-state index is 12.4. The van der Waals surface area contributed by atoms with Crippen molar-refractivity contribution in [3.63, 3.8) is 0 Å². The van der Waals surface area contributed by atoms with Gasteiger partial charge in [0.1, 0.15) is 5.69 Å². The third-order valence-corrected chi connectivity index (χ3v) is 2.37. The Hall–Kier alpha value is -1.25. The number of rotatable bonds is 2. The molecule has 3 nitrogen and oxygen atoms in total. The molecule has 0 spiro atoms. The van der Waals surface area contributed by atoms with E-state index in [1.165, 1.54) is 0 Å². The molecule has 0 bridgehead atoms.